The normalized spacial score (nSPS) is 15.1. The summed E-state index contributed by atoms with van der Waals surface area (Å²) in [6.45, 7) is 2.62. The molecule has 1 aromatic heterocycles. The zero-order chi connectivity index (χ0) is 14.9. The van der Waals surface area contributed by atoms with Gasteiger partial charge in [0.05, 0.1) is 5.69 Å². The Morgan fingerprint density at radius 3 is 2.76 bits per heavy atom. The molecule has 112 valence electrons. The van der Waals surface area contributed by atoms with E-state index < -0.39 is 10.0 Å². The second-order valence-corrected chi connectivity index (χ2v) is 8.17. The van der Waals surface area contributed by atoms with Gasteiger partial charge in [0.25, 0.3) is 10.0 Å². The molecular formula is C15H18N2O2S2. The van der Waals surface area contributed by atoms with Gasteiger partial charge in [0.1, 0.15) is 4.21 Å². The molecule has 0 spiro atoms. The van der Waals surface area contributed by atoms with Gasteiger partial charge in [-0.25, -0.2) is 8.42 Å². The van der Waals surface area contributed by atoms with Gasteiger partial charge < -0.3 is 5.32 Å². The molecule has 0 atom stereocenters. The SMILES string of the molecule is Cc1ccccc1NS(=O)(=O)c1cc(CNC2CC2)cs1. The average Bonchev–Trinajstić information content (AvgIpc) is 3.15. The van der Waals surface area contributed by atoms with Crippen molar-refractivity contribution in [3.63, 3.8) is 0 Å². The topological polar surface area (TPSA) is 58.2 Å². The quantitative estimate of drug-likeness (QED) is 0.859. The number of rotatable bonds is 6. The van der Waals surface area contributed by atoms with Gasteiger partial charge in [0.15, 0.2) is 0 Å². The van der Waals surface area contributed by atoms with E-state index in [1.165, 1.54) is 24.2 Å². The highest BCUT2D eigenvalue weighted by molar-refractivity contribution is 7.94. The van der Waals surface area contributed by atoms with Gasteiger partial charge in [-0.3, -0.25) is 4.72 Å². The maximum absolute atomic E-state index is 12.4. The summed E-state index contributed by atoms with van der Waals surface area (Å²) in [6, 6.07) is 9.74. The Bertz CT molecular complexity index is 734. The Morgan fingerprint density at radius 2 is 2.05 bits per heavy atom. The minimum absolute atomic E-state index is 0.360. The predicted octanol–water partition coefficient (Wildman–Crippen LogP) is 3.11. The van der Waals surface area contributed by atoms with Crippen LogP contribution < -0.4 is 10.0 Å². The van der Waals surface area contributed by atoms with Crippen molar-refractivity contribution in [1.29, 1.82) is 0 Å². The van der Waals surface area contributed by atoms with Crippen LogP contribution in [0.25, 0.3) is 0 Å². The highest BCUT2D eigenvalue weighted by Crippen LogP contribution is 2.25. The second kappa shape index (κ2) is 5.79. The molecule has 1 heterocycles. The highest BCUT2D eigenvalue weighted by atomic mass is 32.2. The first-order valence-corrected chi connectivity index (χ1v) is 9.30. The van der Waals surface area contributed by atoms with Crippen molar-refractivity contribution < 1.29 is 8.42 Å². The zero-order valence-electron chi connectivity index (χ0n) is 11.8. The minimum Gasteiger partial charge on any atom is -0.310 e. The van der Waals surface area contributed by atoms with Gasteiger partial charge in [-0.2, -0.15) is 0 Å². The lowest BCUT2D eigenvalue weighted by atomic mass is 10.2. The molecule has 4 nitrogen and oxygen atoms in total. The number of thiophene rings is 1. The van der Waals surface area contributed by atoms with Crippen molar-refractivity contribution in [2.24, 2.45) is 0 Å². The summed E-state index contributed by atoms with van der Waals surface area (Å²) >= 11 is 1.26. The van der Waals surface area contributed by atoms with E-state index in [2.05, 4.69) is 10.0 Å². The molecule has 21 heavy (non-hydrogen) atoms. The first kappa shape index (κ1) is 14.6. The number of hydrogen-bond donors (Lipinski definition) is 2. The van der Waals surface area contributed by atoms with Gasteiger partial charge in [0.2, 0.25) is 0 Å². The summed E-state index contributed by atoms with van der Waals surface area (Å²) in [7, 11) is -3.50. The molecule has 0 aliphatic heterocycles. The fourth-order valence-electron chi connectivity index (χ4n) is 2.02. The summed E-state index contributed by atoms with van der Waals surface area (Å²) in [5, 5.41) is 5.29. The number of nitrogens with one attached hydrogen (secondary N) is 2. The highest BCUT2D eigenvalue weighted by Gasteiger charge is 2.21. The van der Waals surface area contributed by atoms with E-state index in [0.717, 1.165) is 17.7 Å². The lowest BCUT2D eigenvalue weighted by Crippen LogP contribution is -2.15. The Morgan fingerprint density at radius 1 is 1.29 bits per heavy atom. The van der Waals surface area contributed by atoms with Crippen LogP contribution in [0.5, 0.6) is 0 Å². The first-order valence-electron chi connectivity index (χ1n) is 6.94. The van der Waals surface area contributed by atoms with Crippen LogP contribution in [0.1, 0.15) is 24.0 Å². The van der Waals surface area contributed by atoms with E-state index in [4.69, 9.17) is 0 Å². The van der Waals surface area contributed by atoms with E-state index in [1.807, 2.05) is 30.5 Å². The number of para-hydroxylation sites is 1. The molecule has 3 rings (SSSR count). The number of benzene rings is 1. The monoisotopic (exact) mass is 322 g/mol. The van der Waals surface area contributed by atoms with E-state index in [9.17, 15) is 8.42 Å². The summed E-state index contributed by atoms with van der Waals surface area (Å²) in [5.74, 6) is 0. The average molecular weight is 322 g/mol. The number of hydrogen-bond acceptors (Lipinski definition) is 4. The number of aryl methyl sites for hydroxylation is 1. The third-order valence-corrected chi connectivity index (χ3v) is 6.31. The van der Waals surface area contributed by atoms with Crippen molar-refractivity contribution in [3.8, 4) is 0 Å². The predicted molar refractivity (Wildman–Crippen MR) is 86.2 cm³/mol. The van der Waals surface area contributed by atoms with Gasteiger partial charge in [-0.05, 0) is 48.4 Å². The summed E-state index contributed by atoms with van der Waals surface area (Å²) < 4.78 is 27.8. The van der Waals surface area contributed by atoms with Crippen LogP contribution in [0.15, 0.2) is 39.9 Å². The van der Waals surface area contributed by atoms with E-state index in [-0.39, 0.29) is 0 Å². The van der Waals surface area contributed by atoms with Gasteiger partial charge in [-0.1, -0.05) is 18.2 Å². The molecule has 6 heteroatoms. The van der Waals surface area contributed by atoms with Crippen molar-refractivity contribution >= 4 is 27.0 Å². The maximum atomic E-state index is 12.4. The Labute approximate surface area is 129 Å². The van der Waals surface area contributed by atoms with Crippen LogP contribution in [0.3, 0.4) is 0 Å². The van der Waals surface area contributed by atoms with Crippen LogP contribution in [0, 0.1) is 6.92 Å². The van der Waals surface area contributed by atoms with Crippen LogP contribution in [0.4, 0.5) is 5.69 Å². The zero-order valence-corrected chi connectivity index (χ0v) is 13.4. The fourth-order valence-corrected chi connectivity index (χ4v) is 4.36. The summed E-state index contributed by atoms with van der Waals surface area (Å²) in [4.78, 5) is 0. The summed E-state index contributed by atoms with van der Waals surface area (Å²) in [5.41, 5.74) is 2.56. The lowest BCUT2D eigenvalue weighted by molar-refractivity contribution is 0.603. The molecule has 1 aliphatic rings. The van der Waals surface area contributed by atoms with Gasteiger partial charge >= 0.3 is 0 Å². The third-order valence-electron chi connectivity index (χ3n) is 3.46. The van der Waals surface area contributed by atoms with Crippen molar-refractivity contribution in [3.05, 3.63) is 46.8 Å². The molecule has 2 aromatic rings. The Kier molecular flexibility index (Phi) is 4.01. The van der Waals surface area contributed by atoms with Crippen molar-refractivity contribution in [2.45, 2.75) is 36.6 Å². The molecule has 1 aromatic carbocycles. The molecule has 1 aliphatic carbocycles. The smallest absolute Gasteiger partial charge is 0.271 e. The van der Waals surface area contributed by atoms with E-state index in [1.54, 1.807) is 12.1 Å². The van der Waals surface area contributed by atoms with Crippen LogP contribution in [0.2, 0.25) is 0 Å². The fraction of sp³-hybridized carbons (Fsp3) is 0.333. The Balaban J connectivity index is 1.73. The number of anilines is 1. The van der Waals surface area contributed by atoms with Crippen molar-refractivity contribution in [2.75, 3.05) is 4.72 Å². The van der Waals surface area contributed by atoms with E-state index in [0.29, 0.717) is 15.9 Å². The molecule has 0 amide bonds. The molecule has 0 saturated heterocycles. The number of sulfonamides is 1. The second-order valence-electron chi connectivity index (χ2n) is 5.35. The van der Waals surface area contributed by atoms with Crippen LogP contribution in [-0.2, 0) is 16.6 Å². The third kappa shape index (κ3) is 3.64. The maximum Gasteiger partial charge on any atom is 0.271 e. The lowest BCUT2D eigenvalue weighted by Gasteiger charge is -2.08. The molecular weight excluding hydrogens is 304 g/mol. The van der Waals surface area contributed by atoms with Gasteiger partial charge in [-0.15, -0.1) is 11.3 Å². The minimum atomic E-state index is -3.50. The Hall–Kier alpha value is -1.37. The summed E-state index contributed by atoms with van der Waals surface area (Å²) in [6.07, 6.45) is 2.45. The molecule has 2 N–H and O–H groups in total. The van der Waals surface area contributed by atoms with Crippen molar-refractivity contribution in [1.82, 2.24) is 5.32 Å². The largest absolute Gasteiger partial charge is 0.310 e. The first-order chi connectivity index (χ1) is 10.0. The van der Waals surface area contributed by atoms with Crippen LogP contribution >= 0.6 is 11.3 Å². The molecule has 1 saturated carbocycles. The molecule has 0 radical (unpaired) electrons. The molecule has 0 unspecified atom stereocenters. The van der Waals surface area contributed by atoms with E-state index >= 15 is 0 Å². The standard InChI is InChI=1S/C15H18N2O2S2/c1-11-4-2-3-5-14(11)17-21(18,19)15-8-12(10-20-15)9-16-13-6-7-13/h2-5,8,10,13,16-17H,6-7,9H2,1H3. The van der Waals surface area contributed by atoms with Crippen LogP contribution in [-0.4, -0.2) is 14.5 Å². The molecule has 0 bridgehead atoms. The molecule has 1 fully saturated rings. The van der Waals surface area contributed by atoms with Gasteiger partial charge in [0, 0.05) is 12.6 Å².